The van der Waals surface area contributed by atoms with Crippen LogP contribution in [0, 0.1) is 10.1 Å². The number of ether oxygens (including phenoxy) is 1. The standard InChI is InChI=1S/C17H17ClN2O4/c1-3-12-4-7-14(8-5-12)19-17(21)11(2)24-16-9-6-13(18)10-15(16)20(22)23/h4-11H,3H2,1-2H3,(H,19,21)/t11-/m0/s1. The van der Waals surface area contributed by atoms with E-state index in [1.165, 1.54) is 25.1 Å². The highest BCUT2D eigenvalue weighted by atomic mass is 35.5. The van der Waals surface area contributed by atoms with Crippen LogP contribution in [0.4, 0.5) is 11.4 Å². The predicted octanol–water partition coefficient (Wildman–Crippen LogP) is 4.22. The van der Waals surface area contributed by atoms with Gasteiger partial charge in [-0.2, -0.15) is 0 Å². The normalized spacial score (nSPS) is 11.6. The van der Waals surface area contributed by atoms with E-state index in [1.807, 2.05) is 19.1 Å². The van der Waals surface area contributed by atoms with Crippen LogP contribution >= 0.6 is 11.6 Å². The summed E-state index contributed by atoms with van der Waals surface area (Å²) in [5.41, 5.74) is 1.52. The van der Waals surface area contributed by atoms with Crippen LogP contribution in [0.2, 0.25) is 5.02 Å². The molecule has 0 saturated carbocycles. The van der Waals surface area contributed by atoms with E-state index in [9.17, 15) is 14.9 Å². The number of benzene rings is 2. The number of hydrogen-bond donors (Lipinski definition) is 1. The fourth-order valence-corrected chi connectivity index (χ4v) is 2.21. The van der Waals surface area contributed by atoms with Gasteiger partial charge in [-0.25, -0.2) is 0 Å². The van der Waals surface area contributed by atoms with Gasteiger partial charge in [0.2, 0.25) is 0 Å². The molecule has 0 aliphatic heterocycles. The molecule has 0 spiro atoms. The summed E-state index contributed by atoms with van der Waals surface area (Å²) in [4.78, 5) is 22.6. The van der Waals surface area contributed by atoms with Gasteiger partial charge in [0.25, 0.3) is 5.91 Å². The van der Waals surface area contributed by atoms with Crippen molar-refractivity contribution in [3.8, 4) is 5.75 Å². The SMILES string of the molecule is CCc1ccc(NC(=O)[C@H](C)Oc2ccc(Cl)cc2[N+](=O)[O-])cc1. The van der Waals surface area contributed by atoms with Gasteiger partial charge in [-0.05, 0) is 43.2 Å². The third-order valence-electron chi connectivity index (χ3n) is 3.42. The lowest BCUT2D eigenvalue weighted by atomic mass is 10.1. The molecule has 24 heavy (non-hydrogen) atoms. The summed E-state index contributed by atoms with van der Waals surface area (Å²) < 4.78 is 5.43. The second kappa shape index (κ2) is 7.79. The number of nitro groups is 1. The Morgan fingerprint density at radius 2 is 1.96 bits per heavy atom. The quantitative estimate of drug-likeness (QED) is 0.626. The van der Waals surface area contributed by atoms with Crippen molar-refractivity contribution in [3.05, 3.63) is 63.2 Å². The lowest BCUT2D eigenvalue weighted by Gasteiger charge is -2.15. The van der Waals surface area contributed by atoms with E-state index in [1.54, 1.807) is 12.1 Å². The summed E-state index contributed by atoms with van der Waals surface area (Å²) in [5.74, 6) is -0.406. The molecule has 0 aliphatic carbocycles. The molecule has 0 saturated heterocycles. The molecule has 6 nitrogen and oxygen atoms in total. The van der Waals surface area contributed by atoms with E-state index in [2.05, 4.69) is 5.32 Å². The molecule has 0 aromatic heterocycles. The number of amides is 1. The first-order chi connectivity index (χ1) is 11.4. The van der Waals surface area contributed by atoms with Crippen LogP contribution in [0.5, 0.6) is 5.75 Å². The number of rotatable bonds is 6. The smallest absolute Gasteiger partial charge is 0.312 e. The summed E-state index contributed by atoms with van der Waals surface area (Å²) in [6, 6.07) is 11.5. The highest BCUT2D eigenvalue weighted by Crippen LogP contribution is 2.30. The lowest BCUT2D eigenvalue weighted by Crippen LogP contribution is -2.30. The first-order valence-corrected chi connectivity index (χ1v) is 7.79. The van der Waals surface area contributed by atoms with Crippen molar-refractivity contribution in [2.24, 2.45) is 0 Å². The maximum absolute atomic E-state index is 12.2. The molecule has 0 fully saturated rings. The van der Waals surface area contributed by atoms with Gasteiger partial charge in [-0.3, -0.25) is 14.9 Å². The average molecular weight is 349 g/mol. The molecule has 0 heterocycles. The molecule has 0 aliphatic rings. The molecule has 1 N–H and O–H groups in total. The van der Waals surface area contributed by atoms with Gasteiger partial charge in [-0.1, -0.05) is 30.7 Å². The minimum absolute atomic E-state index is 0.00613. The maximum atomic E-state index is 12.2. The Labute approximate surface area is 144 Å². The predicted molar refractivity (Wildman–Crippen MR) is 92.6 cm³/mol. The highest BCUT2D eigenvalue weighted by molar-refractivity contribution is 6.30. The molecular weight excluding hydrogens is 332 g/mol. The number of aryl methyl sites for hydroxylation is 1. The number of nitrogens with one attached hydrogen (secondary N) is 1. The van der Waals surface area contributed by atoms with Crippen LogP contribution in [0.1, 0.15) is 19.4 Å². The molecule has 2 aromatic rings. The van der Waals surface area contributed by atoms with Gasteiger partial charge >= 0.3 is 5.69 Å². The molecule has 2 rings (SSSR count). The second-order valence-electron chi connectivity index (χ2n) is 5.17. The molecular formula is C17H17ClN2O4. The van der Waals surface area contributed by atoms with Crippen LogP contribution in [-0.4, -0.2) is 16.9 Å². The topological polar surface area (TPSA) is 81.5 Å². The molecule has 0 radical (unpaired) electrons. The molecule has 0 bridgehead atoms. The zero-order valence-corrected chi connectivity index (χ0v) is 14.0. The van der Waals surface area contributed by atoms with Crippen molar-refractivity contribution in [1.29, 1.82) is 0 Å². The van der Waals surface area contributed by atoms with Crippen LogP contribution in [-0.2, 0) is 11.2 Å². The molecule has 1 atom stereocenters. The molecule has 7 heteroatoms. The van der Waals surface area contributed by atoms with E-state index >= 15 is 0 Å². The van der Waals surface area contributed by atoms with Crippen molar-refractivity contribution < 1.29 is 14.5 Å². The van der Waals surface area contributed by atoms with E-state index in [4.69, 9.17) is 16.3 Å². The third kappa shape index (κ3) is 4.45. The van der Waals surface area contributed by atoms with Crippen LogP contribution in [0.3, 0.4) is 0 Å². The van der Waals surface area contributed by atoms with Crippen LogP contribution < -0.4 is 10.1 Å². The second-order valence-corrected chi connectivity index (χ2v) is 5.61. The Morgan fingerprint density at radius 1 is 1.29 bits per heavy atom. The van der Waals surface area contributed by atoms with Crippen molar-refractivity contribution in [2.45, 2.75) is 26.4 Å². The fraction of sp³-hybridized carbons (Fsp3) is 0.235. The van der Waals surface area contributed by atoms with Gasteiger partial charge in [0.1, 0.15) is 0 Å². The maximum Gasteiger partial charge on any atom is 0.312 e. The summed E-state index contributed by atoms with van der Waals surface area (Å²) in [7, 11) is 0. The third-order valence-corrected chi connectivity index (χ3v) is 3.66. The number of anilines is 1. The van der Waals surface area contributed by atoms with Crippen molar-refractivity contribution >= 4 is 28.9 Å². The largest absolute Gasteiger partial charge is 0.474 e. The zero-order valence-electron chi connectivity index (χ0n) is 13.3. The van der Waals surface area contributed by atoms with Crippen molar-refractivity contribution in [2.75, 3.05) is 5.32 Å². The zero-order chi connectivity index (χ0) is 17.7. The molecule has 126 valence electrons. The van der Waals surface area contributed by atoms with Gasteiger partial charge < -0.3 is 10.1 Å². The van der Waals surface area contributed by atoms with E-state index in [0.29, 0.717) is 5.69 Å². The highest BCUT2D eigenvalue weighted by Gasteiger charge is 2.21. The van der Waals surface area contributed by atoms with E-state index < -0.39 is 16.9 Å². The lowest BCUT2D eigenvalue weighted by molar-refractivity contribution is -0.386. The minimum Gasteiger partial charge on any atom is -0.474 e. The number of nitrogens with zero attached hydrogens (tertiary/aromatic N) is 1. The summed E-state index contributed by atoms with van der Waals surface area (Å²) in [5, 5.41) is 14.0. The average Bonchev–Trinajstić information content (AvgIpc) is 2.56. The van der Waals surface area contributed by atoms with Gasteiger partial charge in [-0.15, -0.1) is 0 Å². The fourth-order valence-electron chi connectivity index (χ4n) is 2.04. The van der Waals surface area contributed by atoms with Crippen molar-refractivity contribution in [1.82, 2.24) is 0 Å². The monoisotopic (exact) mass is 348 g/mol. The van der Waals surface area contributed by atoms with Gasteiger partial charge in [0, 0.05) is 16.8 Å². The number of halogens is 1. The number of carbonyl (C=O) groups is 1. The number of carbonyl (C=O) groups excluding carboxylic acids is 1. The van der Waals surface area contributed by atoms with Gasteiger partial charge in [0.15, 0.2) is 11.9 Å². The molecule has 1 amide bonds. The van der Waals surface area contributed by atoms with Gasteiger partial charge in [0.05, 0.1) is 4.92 Å². The minimum atomic E-state index is -0.907. The summed E-state index contributed by atoms with van der Waals surface area (Å²) in [6.07, 6.45) is 0.00395. The Balaban J connectivity index is 2.07. The number of hydrogen-bond acceptors (Lipinski definition) is 4. The van der Waals surface area contributed by atoms with Crippen LogP contribution in [0.25, 0.3) is 0 Å². The van der Waals surface area contributed by atoms with Crippen LogP contribution in [0.15, 0.2) is 42.5 Å². The first-order valence-electron chi connectivity index (χ1n) is 7.41. The van der Waals surface area contributed by atoms with Crippen molar-refractivity contribution in [3.63, 3.8) is 0 Å². The first kappa shape index (κ1) is 17.7. The molecule has 0 unspecified atom stereocenters. The summed E-state index contributed by atoms with van der Waals surface area (Å²) in [6.45, 7) is 3.57. The summed E-state index contributed by atoms with van der Waals surface area (Å²) >= 11 is 5.75. The Kier molecular flexibility index (Phi) is 5.76. The van der Waals surface area contributed by atoms with E-state index in [0.717, 1.165) is 12.0 Å². The Morgan fingerprint density at radius 3 is 2.54 bits per heavy atom. The molecule has 2 aromatic carbocycles. The Bertz CT molecular complexity index is 747. The number of nitro benzene ring substituents is 1. The van der Waals surface area contributed by atoms with E-state index in [-0.39, 0.29) is 16.5 Å². The Hall–Kier alpha value is -2.60.